The third kappa shape index (κ3) is 14.9. The highest BCUT2D eigenvalue weighted by atomic mass is 16.6. The van der Waals surface area contributed by atoms with Gasteiger partial charge in [-0.3, -0.25) is 14.9 Å². The number of methoxy groups -OCH3 is 1. The highest BCUT2D eigenvalue weighted by Gasteiger charge is 1.99. The number of hydrogen-bond acceptors (Lipinski definition) is 4. The van der Waals surface area contributed by atoms with Crippen LogP contribution in [0.25, 0.3) is 0 Å². The van der Waals surface area contributed by atoms with Crippen LogP contribution in [0.1, 0.15) is 77.0 Å². The second-order valence-corrected chi connectivity index (χ2v) is 5.27. The molecule has 0 aliphatic heterocycles. The van der Waals surface area contributed by atoms with Gasteiger partial charge in [0.1, 0.15) is 0 Å². The zero-order valence-electron chi connectivity index (χ0n) is 12.8. The summed E-state index contributed by atoms with van der Waals surface area (Å²) >= 11 is 0. The van der Waals surface area contributed by atoms with Crippen LogP contribution in [-0.2, 0) is 9.53 Å². The molecular weight excluding hydrogens is 258 g/mol. The van der Waals surface area contributed by atoms with E-state index in [0.29, 0.717) is 12.8 Å². The number of nitrogens with zero attached hydrogens (tertiary/aromatic N) is 1. The topological polar surface area (TPSA) is 69.4 Å². The largest absolute Gasteiger partial charge is 0.469 e. The quantitative estimate of drug-likeness (QED) is 0.208. The summed E-state index contributed by atoms with van der Waals surface area (Å²) in [7, 11) is 1.43. The first-order chi connectivity index (χ1) is 9.66. The summed E-state index contributed by atoms with van der Waals surface area (Å²) in [5.74, 6) is -0.109. The van der Waals surface area contributed by atoms with Crippen LogP contribution in [0.4, 0.5) is 0 Å². The Labute approximate surface area is 122 Å². The SMILES string of the molecule is COC(=O)CCCCCCCCCCCCC[N+](=O)[O-]. The molecule has 0 heterocycles. The molecule has 5 heteroatoms. The van der Waals surface area contributed by atoms with E-state index < -0.39 is 0 Å². The van der Waals surface area contributed by atoms with E-state index in [4.69, 9.17) is 0 Å². The molecule has 0 aromatic rings. The lowest BCUT2D eigenvalue weighted by atomic mass is 10.1. The van der Waals surface area contributed by atoms with E-state index in [1.54, 1.807) is 0 Å². The van der Waals surface area contributed by atoms with Crippen LogP contribution in [0.5, 0.6) is 0 Å². The molecule has 0 aromatic heterocycles. The van der Waals surface area contributed by atoms with Crippen molar-refractivity contribution < 1.29 is 14.5 Å². The smallest absolute Gasteiger partial charge is 0.305 e. The summed E-state index contributed by atoms with van der Waals surface area (Å²) in [6.07, 6.45) is 12.8. The zero-order chi connectivity index (χ0) is 15.1. The Balaban J connectivity index is 3.03. The maximum Gasteiger partial charge on any atom is 0.305 e. The van der Waals surface area contributed by atoms with E-state index >= 15 is 0 Å². The number of ether oxygens (including phenoxy) is 1. The molecule has 0 aliphatic rings. The third-order valence-corrected chi connectivity index (χ3v) is 3.45. The molecule has 0 spiro atoms. The van der Waals surface area contributed by atoms with Crippen molar-refractivity contribution in [3.63, 3.8) is 0 Å². The predicted octanol–water partition coefficient (Wildman–Crippen LogP) is 4.12. The molecule has 0 aromatic carbocycles. The van der Waals surface area contributed by atoms with Gasteiger partial charge in [-0.05, 0) is 12.8 Å². The first kappa shape index (κ1) is 18.9. The van der Waals surface area contributed by atoms with Gasteiger partial charge < -0.3 is 4.74 Å². The van der Waals surface area contributed by atoms with Crippen molar-refractivity contribution in [1.29, 1.82) is 0 Å². The van der Waals surface area contributed by atoms with E-state index in [0.717, 1.165) is 25.7 Å². The Morgan fingerprint density at radius 1 is 0.850 bits per heavy atom. The van der Waals surface area contributed by atoms with Gasteiger partial charge in [0.25, 0.3) is 0 Å². The van der Waals surface area contributed by atoms with Crippen LogP contribution >= 0.6 is 0 Å². The molecule has 0 rings (SSSR count). The lowest BCUT2D eigenvalue weighted by Gasteiger charge is -2.02. The summed E-state index contributed by atoms with van der Waals surface area (Å²) in [5.41, 5.74) is 0. The zero-order valence-corrected chi connectivity index (χ0v) is 12.8. The molecule has 0 unspecified atom stereocenters. The molecule has 0 saturated carbocycles. The van der Waals surface area contributed by atoms with Gasteiger partial charge in [0, 0.05) is 17.8 Å². The fraction of sp³-hybridized carbons (Fsp3) is 0.933. The van der Waals surface area contributed by atoms with E-state index in [1.807, 2.05) is 0 Å². The molecule has 0 bridgehead atoms. The van der Waals surface area contributed by atoms with Gasteiger partial charge in [0.05, 0.1) is 7.11 Å². The van der Waals surface area contributed by atoms with E-state index in [-0.39, 0.29) is 17.4 Å². The average molecular weight is 287 g/mol. The molecule has 118 valence electrons. The minimum Gasteiger partial charge on any atom is -0.469 e. The second-order valence-electron chi connectivity index (χ2n) is 5.27. The van der Waals surface area contributed by atoms with Crippen molar-refractivity contribution in [1.82, 2.24) is 0 Å². The normalized spacial score (nSPS) is 10.4. The summed E-state index contributed by atoms with van der Waals surface area (Å²) in [4.78, 5) is 20.8. The number of nitro groups is 1. The Hall–Kier alpha value is -1.13. The van der Waals surface area contributed by atoms with Crippen LogP contribution in [0.2, 0.25) is 0 Å². The van der Waals surface area contributed by atoms with Crippen molar-refractivity contribution in [3.05, 3.63) is 10.1 Å². The van der Waals surface area contributed by atoms with Crippen LogP contribution in [-0.4, -0.2) is 24.5 Å². The Morgan fingerprint density at radius 3 is 1.65 bits per heavy atom. The Morgan fingerprint density at radius 2 is 1.25 bits per heavy atom. The number of carbonyl (C=O) groups excluding carboxylic acids is 1. The predicted molar refractivity (Wildman–Crippen MR) is 79.3 cm³/mol. The van der Waals surface area contributed by atoms with E-state index in [2.05, 4.69) is 4.74 Å². The number of rotatable bonds is 14. The molecule has 5 nitrogen and oxygen atoms in total. The van der Waals surface area contributed by atoms with Crippen molar-refractivity contribution >= 4 is 5.97 Å². The second kappa shape index (κ2) is 14.3. The molecule has 0 radical (unpaired) electrons. The van der Waals surface area contributed by atoms with Gasteiger partial charge in [0.2, 0.25) is 6.54 Å². The fourth-order valence-corrected chi connectivity index (χ4v) is 2.20. The average Bonchev–Trinajstić information content (AvgIpc) is 2.43. The standard InChI is InChI=1S/C15H29NO4/c1-20-15(17)13-11-9-7-5-3-2-4-6-8-10-12-14-16(18)19/h2-14H2,1H3. The Kier molecular flexibility index (Phi) is 13.5. The molecule has 0 saturated heterocycles. The van der Waals surface area contributed by atoms with E-state index in [9.17, 15) is 14.9 Å². The molecule has 0 aliphatic carbocycles. The number of unbranched alkanes of at least 4 members (excludes halogenated alkanes) is 10. The Bertz CT molecular complexity index is 256. The van der Waals surface area contributed by atoms with Gasteiger partial charge >= 0.3 is 5.97 Å². The van der Waals surface area contributed by atoms with Crippen LogP contribution in [0, 0.1) is 10.1 Å². The van der Waals surface area contributed by atoms with Crippen molar-refractivity contribution in [2.75, 3.05) is 13.7 Å². The number of esters is 1. The summed E-state index contributed by atoms with van der Waals surface area (Å²) in [5, 5.41) is 10.1. The molecular formula is C15H29NO4. The maximum absolute atomic E-state index is 10.9. The summed E-state index contributed by atoms with van der Waals surface area (Å²) < 4.78 is 4.59. The highest BCUT2D eigenvalue weighted by molar-refractivity contribution is 5.68. The minimum atomic E-state index is -0.236. The van der Waals surface area contributed by atoms with Crippen LogP contribution in [0.3, 0.4) is 0 Å². The first-order valence-corrected chi connectivity index (χ1v) is 7.85. The van der Waals surface area contributed by atoms with Crippen LogP contribution < -0.4 is 0 Å². The molecule has 0 fully saturated rings. The van der Waals surface area contributed by atoms with Gasteiger partial charge in [-0.15, -0.1) is 0 Å². The number of hydrogen-bond donors (Lipinski definition) is 0. The van der Waals surface area contributed by atoms with Crippen molar-refractivity contribution in [2.24, 2.45) is 0 Å². The van der Waals surface area contributed by atoms with Gasteiger partial charge in [0.15, 0.2) is 0 Å². The molecule has 20 heavy (non-hydrogen) atoms. The number of carbonyl (C=O) groups is 1. The molecule has 0 atom stereocenters. The van der Waals surface area contributed by atoms with Gasteiger partial charge in [-0.2, -0.15) is 0 Å². The summed E-state index contributed by atoms with van der Waals surface area (Å²) in [6, 6.07) is 0. The highest BCUT2D eigenvalue weighted by Crippen LogP contribution is 2.12. The van der Waals surface area contributed by atoms with Gasteiger partial charge in [-0.1, -0.05) is 51.4 Å². The first-order valence-electron chi connectivity index (χ1n) is 7.85. The molecule has 0 amide bonds. The lowest BCUT2D eigenvalue weighted by Crippen LogP contribution is -1.99. The van der Waals surface area contributed by atoms with Crippen LogP contribution in [0.15, 0.2) is 0 Å². The third-order valence-electron chi connectivity index (χ3n) is 3.45. The monoisotopic (exact) mass is 287 g/mol. The molecule has 0 N–H and O–H groups in total. The van der Waals surface area contributed by atoms with Gasteiger partial charge in [-0.25, -0.2) is 0 Å². The minimum absolute atomic E-state index is 0.109. The maximum atomic E-state index is 10.9. The van der Waals surface area contributed by atoms with Crippen molar-refractivity contribution in [3.8, 4) is 0 Å². The fourth-order valence-electron chi connectivity index (χ4n) is 2.20. The van der Waals surface area contributed by atoms with E-state index in [1.165, 1.54) is 45.6 Å². The van der Waals surface area contributed by atoms with Crippen molar-refractivity contribution in [2.45, 2.75) is 77.0 Å². The lowest BCUT2D eigenvalue weighted by molar-refractivity contribution is -0.480. The summed E-state index contributed by atoms with van der Waals surface area (Å²) in [6.45, 7) is 0.117.